The lowest BCUT2D eigenvalue weighted by Gasteiger charge is -2.16. The number of nitrogens with one attached hydrogen (secondary N) is 1. The van der Waals surface area contributed by atoms with Crippen molar-refractivity contribution in [2.75, 3.05) is 5.32 Å². The molecule has 3 nitrogen and oxygen atoms in total. The third kappa shape index (κ3) is 2.98. The summed E-state index contributed by atoms with van der Waals surface area (Å²) >= 11 is 3.21. The summed E-state index contributed by atoms with van der Waals surface area (Å²) < 4.78 is 16.5. The monoisotopic (exact) mass is 351 g/mol. The molecule has 1 aliphatic carbocycles. The Hall–Kier alpha value is -1.36. The number of imidazole rings is 1. The van der Waals surface area contributed by atoms with Crippen molar-refractivity contribution < 1.29 is 4.39 Å². The minimum Gasteiger partial charge on any atom is -0.325 e. The molecule has 21 heavy (non-hydrogen) atoms. The molecule has 0 spiro atoms. The second kappa shape index (κ2) is 5.79. The van der Waals surface area contributed by atoms with Crippen LogP contribution >= 0.6 is 15.9 Å². The molecule has 1 aromatic heterocycles. The highest BCUT2D eigenvalue weighted by molar-refractivity contribution is 9.10. The Kier molecular flexibility index (Phi) is 4.02. The lowest BCUT2D eigenvalue weighted by molar-refractivity contribution is 0.524. The maximum absolute atomic E-state index is 13.8. The minimum absolute atomic E-state index is 0.265. The summed E-state index contributed by atoms with van der Waals surface area (Å²) in [5, 5.41) is 3.30. The van der Waals surface area contributed by atoms with Crippen molar-refractivity contribution in [1.82, 2.24) is 9.55 Å². The van der Waals surface area contributed by atoms with Gasteiger partial charge in [-0.25, -0.2) is 9.37 Å². The maximum Gasteiger partial charge on any atom is 0.207 e. The number of benzene rings is 1. The summed E-state index contributed by atoms with van der Waals surface area (Å²) in [6.45, 7) is 3.95. The van der Waals surface area contributed by atoms with E-state index in [4.69, 9.17) is 0 Å². The maximum atomic E-state index is 13.8. The number of anilines is 2. The quantitative estimate of drug-likeness (QED) is 0.817. The van der Waals surface area contributed by atoms with Crippen LogP contribution in [0.3, 0.4) is 0 Å². The van der Waals surface area contributed by atoms with Gasteiger partial charge in [0, 0.05) is 17.9 Å². The van der Waals surface area contributed by atoms with Gasteiger partial charge < -0.3 is 9.88 Å². The van der Waals surface area contributed by atoms with E-state index in [1.807, 2.05) is 13.8 Å². The fourth-order valence-electron chi connectivity index (χ4n) is 2.97. The van der Waals surface area contributed by atoms with Crippen LogP contribution < -0.4 is 5.32 Å². The van der Waals surface area contributed by atoms with E-state index < -0.39 is 0 Å². The van der Waals surface area contributed by atoms with Gasteiger partial charge in [0.2, 0.25) is 5.95 Å². The van der Waals surface area contributed by atoms with Gasteiger partial charge in [-0.15, -0.1) is 0 Å². The van der Waals surface area contributed by atoms with Crippen LogP contribution in [0, 0.1) is 19.7 Å². The summed E-state index contributed by atoms with van der Waals surface area (Å²) in [7, 11) is 0. The molecule has 0 amide bonds. The van der Waals surface area contributed by atoms with E-state index in [0.29, 0.717) is 10.5 Å². The standard InChI is InChI=1S/C16H19BrFN3/c1-10-7-13(17)14(18)8-15(10)20-16-19-11(2)9-21(16)12-5-3-4-6-12/h7-9,12H,3-6H2,1-2H3,(H,19,20). The first-order valence-electron chi connectivity index (χ1n) is 7.33. The van der Waals surface area contributed by atoms with Crippen molar-refractivity contribution in [1.29, 1.82) is 0 Å². The molecule has 2 aromatic rings. The van der Waals surface area contributed by atoms with Gasteiger partial charge in [-0.3, -0.25) is 0 Å². The summed E-state index contributed by atoms with van der Waals surface area (Å²) in [5.74, 6) is 0.544. The van der Waals surface area contributed by atoms with Crippen LogP contribution in [0.1, 0.15) is 43.0 Å². The Morgan fingerprint density at radius 3 is 2.71 bits per heavy atom. The third-order valence-electron chi connectivity index (χ3n) is 4.08. The van der Waals surface area contributed by atoms with Gasteiger partial charge in [-0.2, -0.15) is 0 Å². The SMILES string of the molecule is Cc1cn(C2CCCC2)c(Nc2cc(F)c(Br)cc2C)n1. The summed E-state index contributed by atoms with van der Waals surface area (Å²) in [6, 6.07) is 3.81. The number of halogens is 2. The van der Waals surface area contributed by atoms with Gasteiger partial charge in [-0.1, -0.05) is 12.8 Å². The van der Waals surface area contributed by atoms with Crippen LogP contribution in [0.5, 0.6) is 0 Å². The Balaban J connectivity index is 1.93. The molecule has 0 saturated heterocycles. The molecule has 0 aliphatic heterocycles. The molecule has 5 heteroatoms. The summed E-state index contributed by atoms with van der Waals surface area (Å²) in [6.07, 6.45) is 7.01. The molecule has 0 unspecified atom stereocenters. The lowest BCUT2D eigenvalue weighted by atomic mass is 10.2. The topological polar surface area (TPSA) is 29.9 Å². The van der Waals surface area contributed by atoms with Crippen LogP contribution in [-0.2, 0) is 0 Å². The second-order valence-corrected chi connectivity index (χ2v) is 6.61. The number of hydrogen-bond acceptors (Lipinski definition) is 2. The third-order valence-corrected chi connectivity index (χ3v) is 4.69. The number of hydrogen-bond donors (Lipinski definition) is 1. The average Bonchev–Trinajstić information content (AvgIpc) is 3.05. The highest BCUT2D eigenvalue weighted by Gasteiger charge is 2.20. The normalized spacial score (nSPS) is 15.6. The van der Waals surface area contributed by atoms with Crippen molar-refractivity contribution in [3.05, 3.63) is 39.9 Å². The van der Waals surface area contributed by atoms with Gasteiger partial charge in [0.1, 0.15) is 5.82 Å². The predicted molar refractivity (Wildman–Crippen MR) is 86.6 cm³/mol. The number of aryl methyl sites for hydroxylation is 2. The molecule has 1 N–H and O–H groups in total. The van der Waals surface area contributed by atoms with E-state index >= 15 is 0 Å². The van der Waals surface area contributed by atoms with Crippen LogP contribution in [0.15, 0.2) is 22.8 Å². The predicted octanol–water partition coefficient (Wildman–Crippen LogP) is 5.26. The zero-order chi connectivity index (χ0) is 15.0. The van der Waals surface area contributed by atoms with Crippen molar-refractivity contribution in [3.8, 4) is 0 Å². The van der Waals surface area contributed by atoms with E-state index in [2.05, 4.69) is 37.0 Å². The molecule has 112 valence electrons. The van der Waals surface area contributed by atoms with Gasteiger partial charge in [-0.05, 0) is 60.3 Å². The molecule has 0 radical (unpaired) electrons. The fourth-order valence-corrected chi connectivity index (χ4v) is 3.43. The van der Waals surface area contributed by atoms with Crippen LogP contribution in [0.25, 0.3) is 0 Å². The highest BCUT2D eigenvalue weighted by atomic mass is 79.9. The van der Waals surface area contributed by atoms with E-state index in [0.717, 1.165) is 22.9 Å². The Labute approximate surface area is 132 Å². The van der Waals surface area contributed by atoms with Crippen molar-refractivity contribution in [2.45, 2.75) is 45.6 Å². The van der Waals surface area contributed by atoms with Crippen LogP contribution in [0.4, 0.5) is 16.0 Å². The van der Waals surface area contributed by atoms with E-state index in [1.54, 1.807) is 6.07 Å². The Bertz CT molecular complexity index is 660. The molecule has 0 bridgehead atoms. The van der Waals surface area contributed by atoms with Crippen LogP contribution in [0.2, 0.25) is 0 Å². The molecule has 1 aliphatic rings. The first kappa shape index (κ1) is 14.6. The lowest BCUT2D eigenvalue weighted by Crippen LogP contribution is -2.08. The molecular formula is C16H19BrFN3. The molecule has 1 fully saturated rings. The molecule has 0 atom stereocenters. The van der Waals surface area contributed by atoms with E-state index in [9.17, 15) is 4.39 Å². The summed E-state index contributed by atoms with van der Waals surface area (Å²) in [5.41, 5.74) is 2.74. The largest absolute Gasteiger partial charge is 0.325 e. The Morgan fingerprint density at radius 1 is 1.29 bits per heavy atom. The van der Waals surface area contributed by atoms with Crippen LogP contribution in [-0.4, -0.2) is 9.55 Å². The molecular weight excluding hydrogens is 333 g/mol. The Morgan fingerprint density at radius 2 is 2.00 bits per heavy atom. The molecule has 1 saturated carbocycles. The fraction of sp³-hybridized carbons (Fsp3) is 0.438. The van der Waals surface area contributed by atoms with Gasteiger partial charge in [0.25, 0.3) is 0 Å². The smallest absolute Gasteiger partial charge is 0.207 e. The molecule has 1 aromatic carbocycles. The number of rotatable bonds is 3. The minimum atomic E-state index is -0.265. The van der Waals surface area contributed by atoms with Gasteiger partial charge in [0.05, 0.1) is 10.2 Å². The first-order chi connectivity index (χ1) is 10.0. The average molecular weight is 352 g/mol. The second-order valence-electron chi connectivity index (χ2n) is 5.76. The highest BCUT2D eigenvalue weighted by Crippen LogP contribution is 2.34. The summed E-state index contributed by atoms with van der Waals surface area (Å²) in [4.78, 5) is 4.56. The van der Waals surface area contributed by atoms with Gasteiger partial charge >= 0.3 is 0 Å². The molecule has 3 rings (SSSR count). The zero-order valence-corrected chi connectivity index (χ0v) is 13.9. The number of nitrogens with zero attached hydrogens (tertiary/aromatic N) is 2. The first-order valence-corrected chi connectivity index (χ1v) is 8.12. The van der Waals surface area contributed by atoms with Gasteiger partial charge in [0.15, 0.2) is 0 Å². The number of aromatic nitrogens is 2. The zero-order valence-electron chi connectivity index (χ0n) is 12.3. The van der Waals surface area contributed by atoms with Crippen molar-refractivity contribution >= 4 is 27.6 Å². The molecule has 1 heterocycles. The van der Waals surface area contributed by atoms with Crippen molar-refractivity contribution in [2.24, 2.45) is 0 Å². The van der Waals surface area contributed by atoms with E-state index in [1.165, 1.54) is 31.7 Å². The van der Waals surface area contributed by atoms with E-state index in [-0.39, 0.29) is 5.82 Å². The van der Waals surface area contributed by atoms with Crippen molar-refractivity contribution in [3.63, 3.8) is 0 Å².